The number of furan rings is 1. The fraction of sp³-hybridized carbons (Fsp3) is 0.136. The van der Waals surface area contributed by atoms with Gasteiger partial charge in [0.2, 0.25) is 9.84 Å². The van der Waals surface area contributed by atoms with Crippen molar-refractivity contribution in [2.75, 3.05) is 0 Å². The number of rotatable bonds is 5. The van der Waals surface area contributed by atoms with E-state index in [0.717, 1.165) is 11.1 Å². The lowest BCUT2D eigenvalue weighted by atomic mass is 10.2. The summed E-state index contributed by atoms with van der Waals surface area (Å²) in [5.74, 6) is 0.00268. The van der Waals surface area contributed by atoms with Gasteiger partial charge < -0.3 is 14.7 Å². The molecule has 0 radical (unpaired) electrons. The van der Waals surface area contributed by atoms with Crippen LogP contribution in [0.3, 0.4) is 0 Å². The van der Waals surface area contributed by atoms with Crippen LogP contribution >= 0.6 is 11.6 Å². The fourth-order valence-electron chi connectivity index (χ4n) is 3.45. The van der Waals surface area contributed by atoms with Crippen molar-refractivity contribution in [1.82, 2.24) is 10.3 Å². The minimum absolute atomic E-state index is 0.0435. The van der Waals surface area contributed by atoms with Crippen molar-refractivity contribution in [3.8, 4) is 0 Å². The molecule has 6 nitrogen and oxygen atoms in total. The lowest BCUT2D eigenvalue weighted by molar-refractivity contribution is 0.0940. The van der Waals surface area contributed by atoms with Gasteiger partial charge >= 0.3 is 0 Å². The summed E-state index contributed by atoms with van der Waals surface area (Å²) in [4.78, 5) is 15.9. The van der Waals surface area contributed by atoms with Gasteiger partial charge in [-0.15, -0.1) is 0 Å². The second-order valence-corrected chi connectivity index (χ2v) is 9.43. The molecule has 2 aromatic carbocycles. The molecule has 154 valence electrons. The first-order chi connectivity index (χ1) is 14.3. The van der Waals surface area contributed by atoms with E-state index in [2.05, 4.69) is 10.3 Å². The summed E-state index contributed by atoms with van der Waals surface area (Å²) in [5.41, 5.74) is 2.09. The molecule has 4 rings (SSSR count). The first-order valence-corrected chi connectivity index (χ1v) is 11.1. The van der Waals surface area contributed by atoms with Gasteiger partial charge in [0.25, 0.3) is 5.91 Å². The van der Waals surface area contributed by atoms with Crippen LogP contribution in [0.4, 0.5) is 0 Å². The van der Waals surface area contributed by atoms with Gasteiger partial charge in [-0.3, -0.25) is 4.79 Å². The van der Waals surface area contributed by atoms with Crippen molar-refractivity contribution < 1.29 is 17.6 Å². The van der Waals surface area contributed by atoms with Gasteiger partial charge in [-0.1, -0.05) is 17.7 Å². The highest BCUT2D eigenvalue weighted by molar-refractivity contribution is 7.91. The Balaban J connectivity index is 1.87. The molecule has 0 aliphatic heterocycles. The van der Waals surface area contributed by atoms with Gasteiger partial charge in [-0.2, -0.15) is 0 Å². The average Bonchev–Trinajstić information content (AvgIpc) is 3.32. The van der Waals surface area contributed by atoms with Gasteiger partial charge in [0, 0.05) is 15.9 Å². The van der Waals surface area contributed by atoms with Crippen molar-refractivity contribution in [2.45, 2.75) is 30.2 Å². The van der Waals surface area contributed by atoms with Crippen LogP contribution in [0.5, 0.6) is 0 Å². The van der Waals surface area contributed by atoms with Crippen molar-refractivity contribution in [1.29, 1.82) is 0 Å². The predicted octanol–water partition coefficient (Wildman–Crippen LogP) is 4.79. The molecule has 0 unspecified atom stereocenters. The Bertz CT molecular complexity index is 1340. The van der Waals surface area contributed by atoms with Gasteiger partial charge in [-0.05, 0) is 67.4 Å². The second-order valence-electron chi connectivity index (χ2n) is 7.11. The maximum atomic E-state index is 13.6. The third kappa shape index (κ3) is 3.74. The molecular weight excluding hydrogens is 424 g/mol. The van der Waals surface area contributed by atoms with Gasteiger partial charge in [0.15, 0.2) is 0 Å². The van der Waals surface area contributed by atoms with E-state index in [1.54, 1.807) is 42.5 Å². The van der Waals surface area contributed by atoms with E-state index in [-0.39, 0.29) is 22.0 Å². The highest BCUT2D eigenvalue weighted by Gasteiger charge is 2.30. The summed E-state index contributed by atoms with van der Waals surface area (Å²) in [5, 5.41) is 3.44. The molecular formula is C22H19ClN2O4S. The van der Waals surface area contributed by atoms with Crippen LogP contribution in [0, 0.1) is 13.8 Å². The smallest absolute Gasteiger partial charge is 0.269 e. The van der Waals surface area contributed by atoms with Crippen molar-refractivity contribution >= 4 is 38.2 Å². The lowest BCUT2D eigenvalue weighted by Gasteiger charge is -2.09. The van der Waals surface area contributed by atoms with Crippen LogP contribution in [-0.4, -0.2) is 19.3 Å². The van der Waals surface area contributed by atoms with E-state index >= 15 is 0 Å². The topological polar surface area (TPSA) is 92.2 Å². The van der Waals surface area contributed by atoms with E-state index in [1.807, 2.05) is 19.9 Å². The number of sulfone groups is 1. The summed E-state index contributed by atoms with van der Waals surface area (Å²) < 4.78 is 32.5. The van der Waals surface area contributed by atoms with Gasteiger partial charge in [0.05, 0.1) is 17.7 Å². The Morgan fingerprint density at radius 1 is 1.10 bits per heavy atom. The van der Waals surface area contributed by atoms with Crippen LogP contribution in [0.1, 0.15) is 27.4 Å². The summed E-state index contributed by atoms with van der Waals surface area (Å²) in [7, 11) is -4.01. The van der Waals surface area contributed by atoms with Crippen molar-refractivity contribution in [3.63, 3.8) is 0 Å². The summed E-state index contributed by atoms with van der Waals surface area (Å²) >= 11 is 6.13. The van der Waals surface area contributed by atoms with E-state index in [1.165, 1.54) is 6.26 Å². The maximum absolute atomic E-state index is 13.6. The van der Waals surface area contributed by atoms with E-state index in [9.17, 15) is 13.2 Å². The van der Waals surface area contributed by atoms with Crippen molar-refractivity contribution in [3.05, 3.63) is 82.4 Å². The molecule has 8 heteroatoms. The Morgan fingerprint density at radius 3 is 2.50 bits per heavy atom. The zero-order valence-electron chi connectivity index (χ0n) is 16.3. The SMILES string of the molecule is Cc1cc(C)cc(S(=O)(=O)c2c(C(=O)NCc3ccco3)[nH]c3ccc(Cl)cc23)c1. The number of H-pyrrole nitrogens is 1. The molecule has 2 N–H and O–H groups in total. The number of nitrogens with one attached hydrogen (secondary N) is 2. The summed E-state index contributed by atoms with van der Waals surface area (Å²) in [6.45, 7) is 3.79. The first-order valence-electron chi connectivity index (χ1n) is 9.21. The number of hydrogen-bond acceptors (Lipinski definition) is 4. The minimum atomic E-state index is -4.01. The Labute approximate surface area is 178 Å². The van der Waals surface area contributed by atoms with Crippen LogP contribution in [0.15, 0.2) is 69.0 Å². The first kappa shape index (κ1) is 20.3. The Kier molecular flexibility index (Phi) is 5.17. The van der Waals surface area contributed by atoms with Crippen molar-refractivity contribution in [2.24, 2.45) is 0 Å². The molecule has 0 atom stereocenters. The summed E-state index contributed by atoms with van der Waals surface area (Å²) in [6, 6.07) is 13.3. The number of halogens is 1. The molecule has 0 spiro atoms. The fourth-order valence-corrected chi connectivity index (χ4v) is 5.41. The molecule has 30 heavy (non-hydrogen) atoms. The zero-order valence-corrected chi connectivity index (χ0v) is 17.9. The largest absolute Gasteiger partial charge is 0.467 e. The number of fused-ring (bicyclic) bond motifs is 1. The molecule has 0 fully saturated rings. The molecule has 1 amide bonds. The van der Waals surface area contributed by atoms with Gasteiger partial charge in [-0.25, -0.2) is 8.42 Å². The Morgan fingerprint density at radius 2 is 1.83 bits per heavy atom. The number of benzene rings is 2. The second kappa shape index (κ2) is 7.66. The van der Waals surface area contributed by atoms with E-state index < -0.39 is 15.7 Å². The van der Waals surface area contributed by atoms with Crippen LogP contribution in [0.25, 0.3) is 10.9 Å². The van der Waals surface area contributed by atoms with E-state index in [4.69, 9.17) is 16.0 Å². The quantitative estimate of drug-likeness (QED) is 0.464. The van der Waals surface area contributed by atoms with Crippen LogP contribution < -0.4 is 5.32 Å². The molecule has 0 aliphatic carbocycles. The molecule has 0 saturated carbocycles. The third-order valence-electron chi connectivity index (χ3n) is 4.72. The molecule has 0 aliphatic rings. The predicted molar refractivity (Wildman–Crippen MR) is 115 cm³/mol. The number of aryl methyl sites for hydroxylation is 2. The van der Waals surface area contributed by atoms with Crippen LogP contribution in [-0.2, 0) is 16.4 Å². The maximum Gasteiger partial charge on any atom is 0.269 e. The number of amides is 1. The monoisotopic (exact) mass is 442 g/mol. The van der Waals surface area contributed by atoms with Crippen LogP contribution in [0.2, 0.25) is 5.02 Å². The number of hydrogen-bond donors (Lipinski definition) is 2. The standard InChI is InChI=1S/C22H19ClN2O4S/c1-13-8-14(2)10-17(9-13)30(27,28)21-18-11-15(23)5-6-19(18)25-20(21)22(26)24-12-16-4-3-7-29-16/h3-11,25H,12H2,1-2H3,(H,24,26). The normalized spacial score (nSPS) is 11.7. The molecule has 0 bridgehead atoms. The lowest BCUT2D eigenvalue weighted by Crippen LogP contribution is -2.24. The minimum Gasteiger partial charge on any atom is -0.467 e. The molecule has 0 saturated heterocycles. The summed E-state index contributed by atoms with van der Waals surface area (Å²) in [6.07, 6.45) is 1.50. The number of aromatic nitrogens is 1. The molecule has 4 aromatic rings. The van der Waals surface area contributed by atoms with E-state index in [0.29, 0.717) is 21.7 Å². The zero-order chi connectivity index (χ0) is 21.5. The highest BCUT2D eigenvalue weighted by Crippen LogP contribution is 2.34. The van der Waals surface area contributed by atoms with Gasteiger partial charge in [0.1, 0.15) is 16.3 Å². The molecule has 2 aromatic heterocycles. The number of carbonyl (C=O) groups is 1. The molecule has 2 heterocycles. The third-order valence-corrected chi connectivity index (χ3v) is 6.77. The number of carbonyl (C=O) groups excluding carboxylic acids is 1. The Hall–Kier alpha value is -3.03. The average molecular weight is 443 g/mol. The number of aromatic amines is 1. The highest BCUT2D eigenvalue weighted by atomic mass is 35.5.